The highest BCUT2D eigenvalue weighted by molar-refractivity contribution is 7.09. The Morgan fingerprint density at radius 1 is 1.00 bits per heavy atom. The highest BCUT2D eigenvalue weighted by Crippen LogP contribution is 2.32. The summed E-state index contributed by atoms with van der Waals surface area (Å²) < 4.78 is 11.6. The number of thiazole rings is 1. The average molecular weight is 828 g/mol. The molecule has 7 atom stereocenters. The van der Waals surface area contributed by atoms with Crippen molar-refractivity contribution in [3.8, 4) is 0 Å². The number of aromatic nitrogens is 1. The maximum absolute atomic E-state index is 14.8. The van der Waals surface area contributed by atoms with Crippen LogP contribution in [0.5, 0.6) is 0 Å². The van der Waals surface area contributed by atoms with Crippen molar-refractivity contribution in [3.05, 3.63) is 52.0 Å². The van der Waals surface area contributed by atoms with Crippen LogP contribution in [0.4, 0.5) is 0 Å². The van der Waals surface area contributed by atoms with Crippen molar-refractivity contribution < 1.29 is 43.3 Å². The second-order valence-electron chi connectivity index (χ2n) is 16.5. The van der Waals surface area contributed by atoms with Crippen LogP contribution >= 0.6 is 11.3 Å². The number of piperidine rings is 1. The number of ether oxygens (including phenoxy) is 2. The molecule has 1 fully saturated rings. The summed E-state index contributed by atoms with van der Waals surface area (Å²) in [5.74, 6) is -4.39. The lowest BCUT2D eigenvalue weighted by Gasteiger charge is -2.39. The lowest BCUT2D eigenvalue weighted by molar-refractivity contribution is -0.161. The molecular weight excluding hydrogens is 763 g/mol. The Labute approximate surface area is 347 Å². The van der Waals surface area contributed by atoms with Crippen LogP contribution in [0.2, 0.25) is 0 Å². The van der Waals surface area contributed by atoms with E-state index in [1.807, 2.05) is 83.8 Å². The number of hydrogen-bond donors (Lipinski definition) is 3. The third kappa shape index (κ3) is 14.8. The fourth-order valence-electron chi connectivity index (χ4n) is 7.17. The Morgan fingerprint density at radius 3 is 2.28 bits per heavy atom. The lowest BCUT2D eigenvalue weighted by Crippen LogP contribution is -2.59. The number of carboxylic acid groups (broad SMARTS) is 1. The summed E-state index contributed by atoms with van der Waals surface area (Å²) in [5, 5.41) is 17.5. The Kier molecular flexibility index (Phi) is 19.3. The van der Waals surface area contributed by atoms with Gasteiger partial charge in [0.05, 0.1) is 12.0 Å². The van der Waals surface area contributed by atoms with Crippen LogP contribution in [0.3, 0.4) is 0 Å². The summed E-state index contributed by atoms with van der Waals surface area (Å²) in [6.45, 7) is 14.7. The molecule has 0 unspecified atom stereocenters. The van der Waals surface area contributed by atoms with Crippen LogP contribution in [0.15, 0.2) is 35.7 Å². The number of carbonyl (C=O) groups is 6. The maximum atomic E-state index is 14.8. The van der Waals surface area contributed by atoms with Crippen LogP contribution in [-0.4, -0.2) is 100 Å². The zero-order chi connectivity index (χ0) is 43.1. The van der Waals surface area contributed by atoms with Crippen LogP contribution in [0, 0.1) is 23.7 Å². The Hall–Kier alpha value is -4.37. The van der Waals surface area contributed by atoms with Gasteiger partial charge in [-0.25, -0.2) is 4.98 Å². The summed E-state index contributed by atoms with van der Waals surface area (Å²) >= 11 is 1.12. The van der Waals surface area contributed by atoms with Gasteiger partial charge < -0.3 is 30.1 Å². The van der Waals surface area contributed by atoms with Gasteiger partial charge in [0.1, 0.15) is 16.7 Å². The molecule has 1 aliphatic rings. The third-order valence-electron chi connectivity index (χ3n) is 10.8. The van der Waals surface area contributed by atoms with Crippen molar-refractivity contribution >= 4 is 47.0 Å². The van der Waals surface area contributed by atoms with Gasteiger partial charge in [-0.3, -0.25) is 33.7 Å². The van der Waals surface area contributed by atoms with E-state index < -0.39 is 59.9 Å². The van der Waals surface area contributed by atoms with Crippen molar-refractivity contribution in [1.82, 2.24) is 25.4 Å². The Bertz CT molecular complexity index is 1670. The van der Waals surface area contributed by atoms with E-state index in [-0.39, 0.29) is 61.4 Å². The van der Waals surface area contributed by atoms with E-state index in [0.29, 0.717) is 24.3 Å². The van der Waals surface area contributed by atoms with E-state index in [9.17, 15) is 33.9 Å². The van der Waals surface area contributed by atoms with E-state index in [0.717, 1.165) is 36.3 Å². The molecule has 1 saturated heterocycles. The van der Waals surface area contributed by atoms with E-state index in [1.165, 1.54) is 11.8 Å². The molecule has 3 rings (SSSR count). The molecular formula is C43H65N5O9S. The maximum Gasteiger partial charge on any atom is 0.307 e. The van der Waals surface area contributed by atoms with Gasteiger partial charge in [0.15, 0.2) is 12.8 Å². The number of carboxylic acids is 1. The van der Waals surface area contributed by atoms with Gasteiger partial charge in [0.25, 0.3) is 5.91 Å². The zero-order valence-electron chi connectivity index (χ0n) is 35.7. The molecule has 14 nitrogen and oxygen atoms in total. The molecule has 3 amide bonds. The average Bonchev–Trinajstić information content (AvgIpc) is 3.66. The predicted octanol–water partition coefficient (Wildman–Crippen LogP) is 6.00. The lowest BCUT2D eigenvalue weighted by atomic mass is 9.92. The minimum Gasteiger partial charge on any atom is -0.481 e. The monoisotopic (exact) mass is 827 g/mol. The number of hydrogen-bond acceptors (Lipinski definition) is 11. The van der Waals surface area contributed by atoms with Gasteiger partial charge in [-0.15, -0.1) is 11.3 Å². The molecule has 58 heavy (non-hydrogen) atoms. The molecule has 0 aliphatic carbocycles. The first-order chi connectivity index (χ1) is 27.4. The van der Waals surface area contributed by atoms with Crippen LogP contribution < -0.4 is 10.6 Å². The van der Waals surface area contributed by atoms with E-state index >= 15 is 0 Å². The fourth-order valence-corrected chi connectivity index (χ4v) is 8.01. The zero-order valence-corrected chi connectivity index (χ0v) is 36.5. The number of nitrogens with zero attached hydrogens (tertiary/aromatic N) is 3. The topological polar surface area (TPSA) is 185 Å². The highest BCUT2D eigenvalue weighted by atomic mass is 32.1. The van der Waals surface area contributed by atoms with Crippen LogP contribution in [-0.2, 0) is 39.9 Å². The van der Waals surface area contributed by atoms with Gasteiger partial charge >= 0.3 is 17.9 Å². The van der Waals surface area contributed by atoms with Gasteiger partial charge in [0.2, 0.25) is 11.8 Å². The molecule has 0 saturated carbocycles. The van der Waals surface area contributed by atoms with E-state index in [4.69, 9.17) is 9.47 Å². The molecule has 1 aliphatic heterocycles. The highest BCUT2D eigenvalue weighted by Gasteiger charge is 2.39. The fraction of sp³-hybridized carbons (Fsp3) is 0.651. The number of rotatable bonds is 22. The molecule has 1 aromatic carbocycles. The molecule has 2 heterocycles. The first-order valence-electron chi connectivity index (χ1n) is 20.6. The number of nitrogens with one attached hydrogen (secondary N) is 2. The van der Waals surface area contributed by atoms with Gasteiger partial charge in [-0.2, -0.15) is 0 Å². The first-order valence-corrected chi connectivity index (χ1v) is 21.5. The summed E-state index contributed by atoms with van der Waals surface area (Å²) in [7, 11) is 1.91. The standard InChI is InChI=1S/C43H65N5O9S/c1-10-28(6)38(46-40(52)34-18-14-15-19-47(34)9)42(53)48(25-56-37(50)20-26(2)3)35(27(4)5)23-36(57-30(8)49)41-45-33(24-58-41)39(51)44-32(21-29(7)43(54)55)22-31-16-12-11-13-17-31/h11-13,16-17,24,26-29,32,34-36,38H,10,14-15,18-23,25H2,1-9H3,(H,44,51)(H,46,52)(H,54,55)/t28-,29-,32-,34+,35+,36+,38-/m0/s1. The van der Waals surface area contributed by atoms with Gasteiger partial charge in [-0.1, -0.05) is 91.6 Å². The quantitative estimate of drug-likeness (QED) is 0.0934. The second-order valence-corrected chi connectivity index (χ2v) is 17.4. The summed E-state index contributed by atoms with van der Waals surface area (Å²) in [6, 6.07) is 6.99. The molecule has 322 valence electrons. The second kappa shape index (κ2) is 23.3. The molecule has 0 radical (unpaired) electrons. The molecule has 15 heteroatoms. The van der Waals surface area contributed by atoms with Crippen molar-refractivity contribution in [2.75, 3.05) is 20.3 Å². The molecule has 0 spiro atoms. The number of amides is 3. The molecule has 1 aromatic heterocycles. The number of aliphatic carboxylic acids is 1. The number of likely N-dealkylation sites (N-methyl/N-ethyl adjacent to an activating group) is 1. The van der Waals surface area contributed by atoms with Crippen molar-refractivity contribution in [3.63, 3.8) is 0 Å². The third-order valence-corrected chi connectivity index (χ3v) is 11.7. The summed E-state index contributed by atoms with van der Waals surface area (Å²) in [5.41, 5.74) is 1.01. The van der Waals surface area contributed by atoms with Crippen LogP contribution in [0.25, 0.3) is 0 Å². The van der Waals surface area contributed by atoms with Crippen molar-refractivity contribution in [1.29, 1.82) is 0 Å². The van der Waals surface area contributed by atoms with Gasteiger partial charge in [-0.05, 0) is 62.6 Å². The van der Waals surface area contributed by atoms with Crippen LogP contribution in [0.1, 0.15) is 127 Å². The Morgan fingerprint density at radius 2 is 1.69 bits per heavy atom. The summed E-state index contributed by atoms with van der Waals surface area (Å²) in [6.07, 6.45) is 3.00. The number of carbonyl (C=O) groups excluding carboxylic acids is 5. The number of esters is 2. The van der Waals surface area contributed by atoms with E-state index in [1.54, 1.807) is 12.3 Å². The number of benzene rings is 1. The minimum absolute atomic E-state index is 0.0241. The van der Waals surface area contributed by atoms with Gasteiger partial charge in [0, 0.05) is 37.2 Å². The first kappa shape index (κ1) is 48.0. The van der Waals surface area contributed by atoms with E-state index in [2.05, 4.69) is 15.6 Å². The minimum atomic E-state index is -0.988. The number of likely N-dealkylation sites (tertiary alicyclic amines) is 1. The predicted molar refractivity (Wildman–Crippen MR) is 222 cm³/mol. The normalized spacial score (nSPS) is 17.7. The smallest absolute Gasteiger partial charge is 0.307 e. The molecule has 0 bridgehead atoms. The Balaban J connectivity index is 1.96. The van der Waals surface area contributed by atoms with Crippen molar-refractivity contribution in [2.45, 2.75) is 137 Å². The largest absolute Gasteiger partial charge is 0.481 e. The molecule has 2 aromatic rings. The SMILES string of the molecule is CC[C@H](C)[C@H](NC(=O)[C@H]1CCCCN1C)C(=O)N(COC(=O)CC(C)C)[C@H](C[C@@H](OC(C)=O)c1nc(C(=O)N[C@H](Cc2ccccc2)C[C@H](C)C(=O)O)cs1)C(C)C. The summed E-state index contributed by atoms with van der Waals surface area (Å²) in [4.78, 5) is 87.4. The van der Waals surface area contributed by atoms with Crippen molar-refractivity contribution in [2.24, 2.45) is 23.7 Å². The molecule has 3 N–H and O–H groups in total.